The molecule has 2 aromatic heterocycles. The standard InChI is InChI=1S/C54H36N2O/c1-4-15-37(16-5-1)39-27-31-43(32-28-39)55(44-33-29-40(30-34-44)38-17-6-2-7-18-38)45-22-14-19-41(35-45)48-36-50-52(53-47-24-11-13-26-51(47)57-54(48)53)46-23-10-12-25-49(46)56(50)42-20-8-3-9-21-42/h1-36H. The Morgan fingerprint density at radius 3 is 1.53 bits per heavy atom. The minimum atomic E-state index is 0.882. The molecule has 268 valence electrons. The molecule has 0 amide bonds. The quantitative estimate of drug-likeness (QED) is 0.163. The lowest BCUT2D eigenvalue weighted by Gasteiger charge is -2.26. The van der Waals surface area contributed by atoms with Crippen molar-refractivity contribution in [1.82, 2.24) is 4.57 Å². The first-order valence-electron chi connectivity index (χ1n) is 19.4. The maximum absolute atomic E-state index is 6.87. The molecule has 0 spiro atoms. The highest BCUT2D eigenvalue weighted by molar-refractivity contribution is 6.29. The second-order valence-corrected chi connectivity index (χ2v) is 14.5. The van der Waals surface area contributed by atoms with Crippen LogP contribution in [0.25, 0.3) is 82.8 Å². The van der Waals surface area contributed by atoms with Crippen LogP contribution in [0.3, 0.4) is 0 Å². The fourth-order valence-electron chi connectivity index (χ4n) is 8.54. The third kappa shape index (κ3) is 5.60. The van der Waals surface area contributed by atoms with Crippen LogP contribution in [0.15, 0.2) is 223 Å². The van der Waals surface area contributed by atoms with Crippen LogP contribution in [0.5, 0.6) is 0 Å². The van der Waals surface area contributed by atoms with Crippen molar-refractivity contribution >= 4 is 60.8 Å². The summed E-state index contributed by atoms with van der Waals surface area (Å²) in [6, 6.07) is 77.9. The molecule has 0 aliphatic heterocycles. The molecule has 2 heterocycles. The van der Waals surface area contributed by atoms with Crippen LogP contribution < -0.4 is 4.90 Å². The molecule has 0 fully saturated rings. The van der Waals surface area contributed by atoms with Gasteiger partial charge in [0.25, 0.3) is 0 Å². The number of fused-ring (bicyclic) bond motifs is 7. The molecule has 0 saturated heterocycles. The first-order chi connectivity index (χ1) is 28.3. The van der Waals surface area contributed by atoms with E-state index in [4.69, 9.17) is 4.42 Å². The minimum absolute atomic E-state index is 0.882. The molecule has 0 saturated carbocycles. The van der Waals surface area contributed by atoms with Gasteiger partial charge in [0.1, 0.15) is 11.2 Å². The smallest absolute Gasteiger partial charge is 0.144 e. The fourth-order valence-corrected chi connectivity index (χ4v) is 8.54. The Hall–Kier alpha value is -7.62. The number of furan rings is 1. The van der Waals surface area contributed by atoms with Crippen molar-refractivity contribution in [3.8, 4) is 39.1 Å². The Kier molecular flexibility index (Phi) is 7.82. The number of benzene rings is 9. The van der Waals surface area contributed by atoms with E-state index in [1.807, 2.05) is 0 Å². The number of hydrogen-bond acceptors (Lipinski definition) is 2. The molecular weight excluding hydrogens is 693 g/mol. The van der Waals surface area contributed by atoms with Crippen LogP contribution in [0.1, 0.15) is 0 Å². The number of nitrogens with zero attached hydrogens (tertiary/aromatic N) is 2. The molecule has 0 aliphatic carbocycles. The summed E-state index contributed by atoms with van der Waals surface area (Å²) in [4.78, 5) is 2.35. The zero-order valence-corrected chi connectivity index (χ0v) is 31.1. The maximum atomic E-state index is 6.87. The van der Waals surface area contributed by atoms with Crippen molar-refractivity contribution in [3.05, 3.63) is 218 Å². The normalized spacial score (nSPS) is 11.5. The molecule has 11 rings (SSSR count). The molecule has 9 aromatic carbocycles. The van der Waals surface area contributed by atoms with Gasteiger partial charge in [0, 0.05) is 49.9 Å². The van der Waals surface area contributed by atoms with Crippen LogP contribution >= 0.6 is 0 Å². The van der Waals surface area contributed by atoms with Crippen LogP contribution in [0.4, 0.5) is 17.1 Å². The van der Waals surface area contributed by atoms with E-state index in [9.17, 15) is 0 Å². The summed E-state index contributed by atoms with van der Waals surface area (Å²) in [5, 5.41) is 4.66. The Balaban J connectivity index is 1.13. The third-order valence-electron chi connectivity index (χ3n) is 11.2. The molecule has 3 heteroatoms. The van der Waals surface area contributed by atoms with Crippen molar-refractivity contribution in [2.45, 2.75) is 0 Å². The molecule has 0 unspecified atom stereocenters. The number of anilines is 3. The summed E-state index contributed by atoms with van der Waals surface area (Å²) in [5.41, 5.74) is 15.3. The predicted molar refractivity (Wildman–Crippen MR) is 239 cm³/mol. The predicted octanol–water partition coefficient (Wildman–Crippen LogP) is 15.2. The van der Waals surface area contributed by atoms with Gasteiger partial charge in [0.2, 0.25) is 0 Å². The lowest BCUT2D eigenvalue weighted by Crippen LogP contribution is -2.10. The Labute approximate surface area is 330 Å². The highest BCUT2D eigenvalue weighted by Gasteiger charge is 2.23. The number of rotatable bonds is 7. The summed E-state index contributed by atoms with van der Waals surface area (Å²) >= 11 is 0. The topological polar surface area (TPSA) is 21.3 Å². The lowest BCUT2D eigenvalue weighted by molar-refractivity contribution is 0.670. The highest BCUT2D eigenvalue weighted by atomic mass is 16.3. The number of para-hydroxylation sites is 3. The van der Waals surface area contributed by atoms with Gasteiger partial charge < -0.3 is 13.9 Å². The number of hydrogen-bond donors (Lipinski definition) is 0. The highest BCUT2D eigenvalue weighted by Crippen LogP contribution is 2.46. The van der Waals surface area contributed by atoms with E-state index < -0.39 is 0 Å². The second-order valence-electron chi connectivity index (χ2n) is 14.5. The molecule has 0 N–H and O–H groups in total. The average Bonchev–Trinajstić information content (AvgIpc) is 3.84. The Morgan fingerprint density at radius 1 is 0.351 bits per heavy atom. The lowest BCUT2D eigenvalue weighted by atomic mass is 9.97. The van der Waals surface area contributed by atoms with Gasteiger partial charge in [0.05, 0.1) is 11.0 Å². The summed E-state index contributed by atoms with van der Waals surface area (Å²) in [6.07, 6.45) is 0. The molecule has 3 nitrogen and oxygen atoms in total. The molecular formula is C54H36N2O. The monoisotopic (exact) mass is 728 g/mol. The molecule has 0 bridgehead atoms. The molecule has 0 radical (unpaired) electrons. The zero-order valence-electron chi connectivity index (χ0n) is 31.1. The van der Waals surface area contributed by atoms with E-state index in [0.717, 1.165) is 61.3 Å². The third-order valence-corrected chi connectivity index (χ3v) is 11.2. The van der Waals surface area contributed by atoms with E-state index in [1.54, 1.807) is 0 Å². The summed E-state index contributed by atoms with van der Waals surface area (Å²) < 4.78 is 9.26. The van der Waals surface area contributed by atoms with Crippen molar-refractivity contribution < 1.29 is 4.42 Å². The van der Waals surface area contributed by atoms with Gasteiger partial charge in [-0.1, -0.05) is 152 Å². The van der Waals surface area contributed by atoms with Gasteiger partial charge >= 0.3 is 0 Å². The largest absolute Gasteiger partial charge is 0.455 e. The van der Waals surface area contributed by atoms with Crippen LogP contribution in [0, 0.1) is 0 Å². The van der Waals surface area contributed by atoms with E-state index in [2.05, 4.69) is 228 Å². The molecule has 0 aliphatic rings. The van der Waals surface area contributed by atoms with Crippen molar-refractivity contribution in [3.63, 3.8) is 0 Å². The summed E-state index contributed by atoms with van der Waals surface area (Å²) in [7, 11) is 0. The average molecular weight is 729 g/mol. The zero-order chi connectivity index (χ0) is 37.7. The van der Waals surface area contributed by atoms with E-state index in [0.29, 0.717) is 0 Å². The van der Waals surface area contributed by atoms with Crippen LogP contribution in [0.2, 0.25) is 0 Å². The van der Waals surface area contributed by atoms with Crippen molar-refractivity contribution in [2.75, 3.05) is 4.90 Å². The SMILES string of the molecule is c1ccc(-c2ccc(N(c3ccc(-c4ccccc4)cc3)c3cccc(-c4cc5c(c6ccccc6n5-c5ccccc5)c5c4oc4ccccc45)c3)cc2)cc1. The summed E-state index contributed by atoms with van der Waals surface area (Å²) in [6.45, 7) is 0. The molecule has 57 heavy (non-hydrogen) atoms. The minimum Gasteiger partial charge on any atom is -0.455 e. The number of aromatic nitrogens is 1. The van der Waals surface area contributed by atoms with Crippen molar-refractivity contribution in [1.29, 1.82) is 0 Å². The Bertz CT molecular complexity index is 3120. The van der Waals surface area contributed by atoms with Crippen LogP contribution in [-0.2, 0) is 0 Å². The molecule has 11 aromatic rings. The molecule has 0 atom stereocenters. The Morgan fingerprint density at radius 2 is 0.877 bits per heavy atom. The van der Waals surface area contributed by atoms with Gasteiger partial charge in [-0.05, 0) is 94.5 Å². The first-order valence-corrected chi connectivity index (χ1v) is 19.4. The first kappa shape index (κ1) is 32.8. The van der Waals surface area contributed by atoms with E-state index >= 15 is 0 Å². The fraction of sp³-hybridized carbons (Fsp3) is 0. The van der Waals surface area contributed by atoms with E-state index in [1.165, 1.54) is 38.5 Å². The van der Waals surface area contributed by atoms with Crippen molar-refractivity contribution in [2.24, 2.45) is 0 Å². The van der Waals surface area contributed by atoms with Gasteiger partial charge in [-0.15, -0.1) is 0 Å². The van der Waals surface area contributed by atoms with Gasteiger partial charge in [-0.25, -0.2) is 0 Å². The van der Waals surface area contributed by atoms with Gasteiger partial charge in [-0.2, -0.15) is 0 Å². The van der Waals surface area contributed by atoms with Gasteiger partial charge in [-0.3, -0.25) is 0 Å². The van der Waals surface area contributed by atoms with Crippen LogP contribution in [-0.4, -0.2) is 4.57 Å². The maximum Gasteiger partial charge on any atom is 0.144 e. The summed E-state index contributed by atoms with van der Waals surface area (Å²) in [5.74, 6) is 0. The second kappa shape index (κ2) is 13.6. The van der Waals surface area contributed by atoms with E-state index in [-0.39, 0.29) is 0 Å². The van der Waals surface area contributed by atoms with Gasteiger partial charge in [0.15, 0.2) is 0 Å².